The number of benzene rings is 1. The minimum atomic E-state index is 0.406. The standard InChI is InChI=1S/C14H23NO/c1-9(2)12-7-13(11(4)8-15)10(3)6-14(12)16-5/h6-7,9,11H,8,15H2,1-5H3. The molecule has 1 atom stereocenters. The van der Waals surface area contributed by atoms with Gasteiger partial charge in [0.1, 0.15) is 5.75 Å². The second kappa shape index (κ2) is 5.35. The van der Waals surface area contributed by atoms with Crippen molar-refractivity contribution in [2.75, 3.05) is 13.7 Å². The second-order valence-corrected chi connectivity index (χ2v) is 4.74. The van der Waals surface area contributed by atoms with Gasteiger partial charge in [-0.1, -0.05) is 26.8 Å². The summed E-state index contributed by atoms with van der Waals surface area (Å²) in [6.07, 6.45) is 0. The van der Waals surface area contributed by atoms with Crippen molar-refractivity contribution in [3.8, 4) is 5.75 Å². The van der Waals surface area contributed by atoms with Crippen LogP contribution in [0.2, 0.25) is 0 Å². The first-order valence-electron chi connectivity index (χ1n) is 5.89. The zero-order valence-electron chi connectivity index (χ0n) is 11.0. The molecule has 1 aromatic rings. The first-order valence-corrected chi connectivity index (χ1v) is 5.89. The van der Waals surface area contributed by atoms with Crippen molar-refractivity contribution >= 4 is 0 Å². The van der Waals surface area contributed by atoms with Gasteiger partial charge in [-0.25, -0.2) is 0 Å². The van der Waals surface area contributed by atoms with E-state index in [4.69, 9.17) is 10.5 Å². The van der Waals surface area contributed by atoms with Crippen molar-refractivity contribution in [1.29, 1.82) is 0 Å². The van der Waals surface area contributed by atoms with E-state index in [0.717, 1.165) is 5.75 Å². The van der Waals surface area contributed by atoms with Crippen LogP contribution in [0.25, 0.3) is 0 Å². The Morgan fingerprint density at radius 3 is 2.25 bits per heavy atom. The highest BCUT2D eigenvalue weighted by Crippen LogP contribution is 2.32. The molecule has 0 aromatic heterocycles. The summed E-state index contributed by atoms with van der Waals surface area (Å²) in [5.74, 6) is 1.86. The van der Waals surface area contributed by atoms with Gasteiger partial charge in [0, 0.05) is 0 Å². The molecule has 90 valence electrons. The smallest absolute Gasteiger partial charge is 0.122 e. The van der Waals surface area contributed by atoms with E-state index in [0.29, 0.717) is 18.4 Å². The van der Waals surface area contributed by atoms with Gasteiger partial charge in [-0.05, 0) is 48.1 Å². The maximum Gasteiger partial charge on any atom is 0.122 e. The van der Waals surface area contributed by atoms with Gasteiger partial charge in [-0.3, -0.25) is 0 Å². The summed E-state index contributed by atoms with van der Waals surface area (Å²) in [7, 11) is 1.73. The van der Waals surface area contributed by atoms with Crippen molar-refractivity contribution in [3.05, 3.63) is 28.8 Å². The molecule has 1 unspecified atom stereocenters. The van der Waals surface area contributed by atoms with Crippen LogP contribution in [0.1, 0.15) is 49.3 Å². The molecule has 2 nitrogen and oxygen atoms in total. The Bertz CT molecular complexity index is 358. The van der Waals surface area contributed by atoms with Gasteiger partial charge < -0.3 is 10.5 Å². The fraction of sp³-hybridized carbons (Fsp3) is 0.571. The van der Waals surface area contributed by atoms with Gasteiger partial charge in [0.15, 0.2) is 0 Å². The molecule has 0 aliphatic heterocycles. The lowest BCUT2D eigenvalue weighted by atomic mass is 9.90. The molecule has 0 aliphatic carbocycles. The first kappa shape index (κ1) is 13.0. The number of aryl methyl sites for hydroxylation is 1. The predicted molar refractivity (Wildman–Crippen MR) is 69.3 cm³/mol. The number of hydrogen-bond acceptors (Lipinski definition) is 2. The third-order valence-corrected chi connectivity index (χ3v) is 3.12. The zero-order chi connectivity index (χ0) is 12.3. The summed E-state index contributed by atoms with van der Waals surface area (Å²) in [6, 6.07) is 4.37. The molecule has 0 saturated carbocycles. The van der Waals surface area contributed by atoms with Crippen LogP contribution in [-0.2, 0) is 0 Å². The Balaban J connectivity index is 3.27. The lowest BCUT2D eigenvalue weighted by Crippen LogP contribution is -2.11. The molecule has 0 spiro atoms. The van der Waals surface area contributed by atoms with Crippen molar-refractivity contribution in [2.45, 2.75) is 39.5 Å². The van der Waals surface area contributed by atoms with Gasteiger partial charge in [-0.15, -0.1) is 0 Å². The van der Waals surface area contributed by atoms with Crippen molar-refractivity contribution in [3.63, 3.8) is 0 Å². The Morgan fingerprint density at radius 1 is 1.19 bits per heavy atom. The van der Waals surface area contributed by atoms with Gasteiger partial charge in [0.05, 0.1) is 7.11 Å². The second-order valence-electron chi connectivity index (χ2n) is 4.74. The quantitative estimate of drug-likeness (QED) is 0.847. The highest BCUT2D eigenvalue weighted by Gasteiger charge is 2.14. The molecular formula is C14H23NO. The summed E-state index contributed by atoms with van der Waals surface area (Å²) in [5, 5.41) is 0. The van der Waals surface area contributed by atoms with Crippen LogP contribution < -0.4 is 10.5 Å². The van der Waals surface area contributed by atoms with Crippen LogP contribution in [0.3, 0.4) is 0 Å². The van der Waals surface area contributed by atoms with Gasteiger partial charge in [0.25, 0.3) is 0 Å². The van der Waals surface area contributed by atoms with E-state index in [9.17, 15) is 0 Å². The van der Waals surface area contributed by atoms with Crippen molar-refractivity contribution < 1.29 is 4.74 Å². The average Bonchev–Trinajstić information content (AvgIpc) is 2.27. The highest BCUT2D eigenvalue weighted by molar-refractivity contribution is 5.45. The molecule has 0 fully saturated rings. The third kappa shape index (κ3) is 2.56. The molecular weight excluding hydrogens is 198 g/mol. The van der Waals surface area contributed by atoms with E-state index in [1.54, 1.807) is 7.11 Å². The van der Waals surface area contributed by atoms with Crippen LogP contribution in [0.5, 0.6) is 5.75 Å². The monoisotopic (exact) mass is 221 g/mol. The van der Waals surface area contributed by atoms with E-state index in [2.05, 4.69) is 39.8 Å². The summed E-state index contributed by atoms with van der Waals surface area (Å²) >= 11 is 0. The number of ether oxygens (including phenoxy) is 1. The van der Waals surface area contributed by atoms with Gasteiger partial charge in [0.2, 0.25) is 0 Å². The lowest BCUT2D eigenvalue weighted by Gasteiger charge is -2.19. The van der Waals surface area contributed by atoms with Crippen molar-refractivity contribution in [2.24, 2.45) is 5.73 Å². The average molecular weight is 221 g/mol. The van der Waals surface area contributed by atoms with E-state index in [-0.39, 0.29) is 0 Å². The molecule has 2 N–H and O–H groups in total. The number of hydrogen-bond donors (Lipinski definition) is 1. The molecule has 0 bridgehead atoms. The number of methoxy groups -OCH3 is 1. The molecule has 0 amide bonds. The summed E-state index contributed by atoms with van der Waals surface area (Å²) < 4.78 is 5.42. The van der Waals surface area contributed by atoms with Gasteiger partial charge >= 0.3 is 0 Å². The topological polar surface area (TPSA) is 35.2 Å². The Morgan fingerprint density at radius 2 is 1.81 bits per heavy atom. The fourth-order valence-electron chi connectivity index (χ4n) is 2.00. The largest absolute Gasteiger partial charge is 0.496 e. The van der Waals surface area contributed by atoms with Crippen LogP contribution in [0.4, 0.5) is 0 Å². The predicted octanol–water partition coefficient (Wildman–Crippen LogP) is 3.19. The molecule has 1 rings (SSSR count). The van der Waals surface area contributed by atoms with Crippen LogP contribution in [0.15, 0.2) is 12.1 Å². The first-order chi connectivity index (χ1) is 7.51. The lowest BCUT2D eigenvalue weighted by molar-refractivity contribution is 0.407. The van der Waals surface area contributed by atoms with E-state index in [1.807, 2.05) is 0 Å². The minimum absolute atomic E-state index is 0.406. The maximum atomic E-state index is 5.74. The summed E-state index contributed by atoms with van der Waals surface area (Å²) in [4.78, 5) is 0. The molecule has 16 heavy (non-hydrogen) atoms. The fourth-order valence-corrected chi connectivity index (χ4v) is 2.00. The number of rotatable bonds is 4. The maximum absolute atomic E-state index is 5.74. The molecule has 2 heteroatoms. The third-order valence-electron chi connectivity index (χ3n) is 3.12. The van der Waals surface area contributed by atoms with E-state index in [1.165, 1.54) is 16.7 Å². The Hall–Kier alpha value is -1.02. The highest BCUT2D eigenvalue weighted by atomic mass is 16.5. The molecule has 0 heterocycles. The Kier molecular flexibility index (Phi) is 4.36. The van der Waals surface area contributed by atoms with E-state index < -0.39 is 0 Å². The van der Waals surface area contributed by atoms with Crippen LogP contribution in [0, 0.1) is 6.92 Å². The van der Waals surface area contributed by atoms with Crippen LogP contribution in [-0.4, -0.2) is 13.7 Å². The molecule has 0 radical (unpaired) electrons. The minimum Gasteiger partial charge on any atom is -0.496 e. The van der Waals surface area contributed by atoms with Gasteiger partial charge in [-0.2, -0.15) is 0 Å². The number of nitrogens with two attached hydrogens (primary N) is 1. The summed E-state index contributed by atoms with van der Waals surface area (Å²) in [5.41, 5.74) is 9.61. The Labute approximate surface area is 98.8 Å². The molecule has 0 aliphatic rings. The van der Waals surface area contributed by atoms with Crippen molar-refractivity contribution in [1.82, 2.24) is 0 Å². The zero-order valence-corrected chi connectivity index (χ0v) is 11.0. The normalized spacial score (nSPS) is 12.9. The molecule has 1 aromatic carbocycles. The summed E-state index contributed by atoms with van der Waals surface area (Å²) in [6.45, 7) is 9.34. The molecule has 0 saturated heterocycles. The SMILES string of the molecule is COc1cc(C)c(C(C)CN)cc1C(C)C. The van der Waals surface area contributed by atoms with E-state index >= 15 is 0 Å². The van der Waals surface area contributed by atoms with Crippen LogP contribution >= 0.6 is 0 Å².